The molecule has 0 aromatic carbocycles. The number of methoxy groups -OCH3 is 1. The maximum Gasteiger partial charge on any atom is 0.228 e. The van der Waals surface area contributed by atoms with Crippen molar-refractivity contribution < 1.29 is 9.26 Å². The second-order valence-electron chi connectivity index (χ2n) is 4.41. The van der Waals surface area contributed by atoms with E-state index in [0.29, 0.717) is 30.4 Å². The lowest BCUT2D eigenvalue weighted by atomic mass is 10.2. The average Bonchev–Trinajstić information content (AvgIpc) is 2.94. The van der Waals surface area contributed by atoms with Gasteiger partial charge in [0.2, 0.25) is 11.7 Å². The van der Waals surface area contributed by atoms with Crippen LogP contribution in [0.2, 0.25) is 0 Å². The van der Waals surface area contributed by atoms with Crippen molar-refractivity contribution in [2.24, 2.45) is 0 Å². The Morgan fingerprint density at radius 1 is 1.40 bits per heavy atom. The molecule has 20 heavy (non-hydrogen) atoms. The Morgan fingerprint density at radius 3 is 3.00 bits per heavy atom. The van der Waals surface area contributed by atoms with Gasteiger partial charge in [0.1, 0.15) is 5.69 Å². The molecule has 1 unspecified atom stereocenters. The Kier molecular flexibility index (Phi) is 5.57. The molecule has 1 N–H and O–H groups in total. The van der Waals surface area contributed by atoms with Crippen LogP contribution in [0.4, 0.5) is 0 Å². The first kappa shape index (κ1) is 14.5. The zero-order valence-corrected chi connectivity index (χ0v) is 11.7. The number of nitrogens with one attached hydrogen (secondary N) is 1. The molecule has 0 saturated carbocycles. The van der Waals surface area contributed by atoms with E-state index in [0.717, 1.165) is 13.0 Å². The van der Waals surface area contributed by atoms with Crippen LogP contribution in [-0.2, 0) is 11.2 Å². The first-order valence-corrected chi connectivity index (χ1v) is 6.64. The van der Waals surface area contributed by atoms with E-state index in [1.807, 2.05) is 0 Å². The Labute approximate surface area is 117 Å². The highest BCUT2D eigenvalue weighted by Gasteiger charge is 2.15. The van der Waals surface area contributed by atoms with E-state index < -0.39 is 0 Å². The number of hydrogen-bond acceptors (Lipinski definition) is 7. The van der Waals surface area contributed by atoms with Gasteiger partial charge < -0.3 is 14.6 Å². The molecule has 2 aromatic heterocycles. The highest BCUT2D eigenvalue weighted by Crippen LogP contribution is 2.11. The van der Waals surface area contributed by atoms with Crippen molar-refractivity contribution in [2.45, 2.75) is 25.8 Å². The van der Waals surface area contributed by atoms with Gasteiger partial charge in [0.15, 0.2) is 0 Å². The van der Waals surface area contributed by atoms with Crippen LogP contribution >= 0.6 is 0 Å². The predicted molar refractivity (Wildman–Crippen MR) is 73.0 cm³/mol. The van der Waals surface area contributed by atoms with Crippen LogP contribution in [0.5, 0.6) is 0 Å². The van der Waals surface area contributed by atoms with Gasteiger partial charge in [-0.3, -0.25) is 4.98 Å². The lowest BCUT2D eigenvalue weighted by Crippen LogP contribution is -2.35. The minimum Gasteiger partial charge on any atom is -0.383 e. The van der Waals surface area contributed by atoms with Gasteiger partial charge in [-0.05, 0) is 13.0 Å². The first-order valence-electron chi connectivity index (χ1n) is 6.64. The minimum atomic E-state index is 0.162. The number of ether oxygens (including phenoxy) is 1. The summed E-state index contributed by atoms with van der Waals surface area (Å²) >= 11 is 0. The van der Waals surface area contributed by atoms with Gasteiger partial charge in [0, 0.05) is 32.0 Å². The third-order valence-electron chi connectivity index (χ3n) is 2.73. The van der Waals surface area contributed by atoms with E-state index in [1.54, 1.807) is 25.7 Å². The molecule has 0 saturated heterocycles. The molecule has 0 aliphatic heterocycles. The van der Waals surface area contributed by atoms with Gasteiger partial charge in [-0.1, -0.05) is 12.1 Å². The molecule has 0 spiro atoms. The highest BCUT2D eigenvalue weighted by molar-refractivity contribution is 5.45. The number of nitrogens with zero attached hydrogens (tertiary/aromatic N) is 4. The Balaban J connectivity index is 2.00. The maximum absolute atomic E-state index is 5.25. The van der Waals surface area contributed by atoms with E-state index in [1.165, 1.54) is 0 Å². The summed E-state index contributed by atoms with van der Waals surface area (Å²) in [5, 5.41) is 7.31. The molecule has 0 amide bonds. The van der Waals surface area contributed by atoms with Crippen molar-refractivity contribution >= 4 is 0 Å². The highest BCUT2D eigenvalue weighted by atomic mass is 16.5. The Hall–Kier alpha value is -1.86. The fraction of sp³-hybridized carbons (Fsp3) is 0.538. The number of rotatable bonds is 8. The molecule has 2 rings (SSSR count). The SMILES string of the molecule is CCCNC(COC)Cc1nc(-c2cnccn2)no1. The minimum absolute atomic E-state index is 0.162. The molecule has 0 aliphatic carbocycles. The summed E-state index contributed by atoms with van der Waals surface area (Å²) in [5.41, 5.74) is 0.604. The first-order chi connectivity index (χ1) is 9.83. The van der Waals surface area contributed by atoms with Crippen LogP contribution in [0.25, 0.3) is 11.5 Å². The molecule has 2 aromatic rings. The normalized spacial score (nSPS) is 12.5. The second kappa shape index (κ2) is 7.66. The molecule has 0 fully saturated rings. The smallest absolute Gasteiger partial charge is 0.228 e. The van der Waals surface area contributed by atoms with Crippen LogP contribution < -0.4 is 5.32 Å². The molecule has 0 bridgehead atoms. The summed E-state index contributed by atoms with van der Waals surface area (Å²) in [6, 6.07) is 0.162. The fourth-order valence-electron chi connectivity index (χ4n) is 1.81. The van der Waals surface area contributed by atoms with E-state index in [2.05, 4.69) is 32.3 Å². The summed E-state index contributed by atoms with van der Waals surface area (Å²) in [5.74, 6) is 1.02. The standard InChI is InChI=1S/C13H19N5O2/c1-3-4-15-10(9-19-2)7-12-17-13(18-20-12)11-8-14-5-6-16-11/h5-6,8,10,15H,3-4,7,9H2,1-2H3. The van der Waals surface area contributed by atoms with Crippen LogP contribution in [0, 0.1) is 0 Å². The van der Waals surface area contributed by atoms with Gasteiger partial charge in [-0.15, -0.1) is 0 Å². The molecule has 0 aliphatic rings. The van der Waals surface area contributed by atoms with Gasteiger partial charge >= 0.3 is 0 Å². The summed E-state index contributed by atoms with van der Waals surface area (Å²) in [7, 11) is 1.68. The van der Waals surface area contributed by atoms with Crippen molar-refractivity contribution in [1.82, 2.24) is 25.4 Å². The third kappa shape index (κ3) is 4.07. The topological polar surface area (TPSA) is 86.0 Å². The molecule has 108 valence electrons. The second-order valence-corrected chi connectivity index (χ2v) is 4.41. The van der Waals surface area contributed by atoms with Crippen molar-refractivity contribution in [1.29, 1.82) is 0 Å². The van der Waals surface area contributed by atoms with Crippen molar-refractivity contribution in [3.8, 4) is 11.5 Å². The fourth-order valence-corrected chi connectivity index (χ4v) is 1.81. The van der Waals surface area contributed by atoms with Gasteiger partial charge in [-0.25, -0.2) is 4.98 Å². The lowest BCUT2D eigenvalue weighted by Gasteiger charge is -2.15. The molecule has 0 radical (unpaired) electrons. The van der Waals surface area contributed by atoms with Crippen molar-refractivity contribution in [3.05, 3.63) is 24.5 Å². The molecule has 7 nitrogen and oxygen atoms in total. The van der Waals surface area contributed by atoms with E-state index in [-0.39, 0.29) is 6.04 Å². The van der Waals surface area contributed by atoms with Crippen LogP contribution in [0.3, 0.4) is 0 Å². The largest absolute Gasteiger partial charge is 0.383 e. The quantitative estimate of drug-likeness (QED) is 0.772. The molecule has 1 atom stereocenters. The van der Waals surface area contributed by atoms with Crippen LogP contribution in [0.1, 0.15) is 19.2 Å². The molecule has 2 heterocycles. The van der Waals surface area contributed by atoms with E-state index in [4.69, 9.17) is 9.26 Å². The Bertz CT molecular complexity index is 502. The zero-order chi connectivity index (χ0) is 14.2. The van der Waals surface area contributed by atoms with Crippen LogP contribution in [-0.4, -0.2) is 46.4 Å². The van der Waals surface area contributed by atoms with Crippen LogP contribution in [0.15, 0.2) is 23.1 Å². The summed E-state index contributed by atoms with van der Waals surface area (Å²) in [4.78, 5) is 12.5. The summed E-state index contributed by atoms with van der Waals surface area (Å²) in [6.45, 7) is 3.65. The number of aromatic nitrogens is 4. The van der Waals surface area contributed by atoms with E-state index >= 15 is 0 Å². The van der Waals surface area contributed by atoms with E-state index in [9.17, 15) is 0 Å². The van der Waals surface area contributed by atoms with Crippen molar-refractivity contribution in [3.63, 3.8) is 0 Å². The number of hydrogen-bond donors (Lipinski definition) is 1. The summed E-state index contributed by atoms with van der Waals surface area (Å²) < 4.78 is 10.4. The predicted octanol–water partition coefficient (Wildman–Crippen LogP) is 1.08. The molecule has 7 heteroatoms. The van der Waals surface area contributed by atoms with Crippen molar-refractivity contribution in [2.75, 3.05) is 20.3 Å². The van der Waals surface area contributed by atoms with Gasteiger partial charge in [0.25, 0.3) is 0 Å². The lowest BCUT2D eigenvalue weighted by molar-refractivity contribution is 0.161. The monoisotopic (exact) mass is 277 g/mol. The van der Waals surface area contributed by atoms with Gasteiger partial charge in [0.05, 0.1) is 12.8 Å². The van der Waals surface area contributed by atoms with Gasteiger partial charge in [-0.2, -0.15) is 4.98 Å². The maximum atomic E-state index is 5.25. The molecular formula is C13H19N5O2. The summed E-state index contributed by atoms with van der Waals surface area (Å²) in [6.07, 6.45) is 6.50. The third-order valence-corrected chi connectivity index (χ3v) is 2.73. The Morgan fingerprint density at radius 2 is 2.30 bits per heavy atom. The molecular weight excluding hydrogens is 258 g/mol. The zero-order valence-electron chi connectivity index (χ0n) is 11.7. The average molecular weight is 277 g/mol.